The number of hydrogen-bond acceptors (Lipinski definition) is 3. The van der Waals surface area contributed by atoms with Gasteiger partial charge in [-0.05, 0) is 6.07 Å². The van der Waals surface area contributed by atoms with Gasteiger partial charge in [-0.1, -0.05) is 0 Å². The largest absolute Gasteiger partial charge is 0.383 e. The number of alkyl halides is 1. The van der Waals surface area contributed by atoms with Gasteiger partial charge in [0.2, 0.25) is 5.91 Å². The molecular formula is C10H16ClN3O2. The van der Waals surface area contributed by atoms with E-state index in [-0.39, 0.29) is 11.8 Å². The Bertz CT molecular complexity index is 341. The van der Waals surface area contributed by atoms with Gasteiger partial charge in [0.25, 0.3) is 0 Å². The van der Waals surface area contributed by atoms with Crippen LogP contribution < -0.4 is 0 Å². The van der Waals surface area contributed by atoms with Gasteiger partial charge in [-0.2, -0.15) is 5.10 Å². The summed E-state index contributed by atoms with van der Waals surface area (Å²) in [6.45, 7) is 1.54. The third-order valence-corrected chi connectivity index (χ3v) is 2.54. The molecule has 1 rings (SSSR count). The maximum absolute atomic E-state index is 11.6. The van der Waals surface area contributed by atoms with E-state index in [4.69, 9.17) is 16.3 Å². The third-order valence-electron chi connectivity index (χ3n) is 2.31. The smallest absolute Gasteiger partial charge is 0.237 e. The Hall–Kier alpha value is -1.07. The van der Waals surface area contributed by atoms with Crippen LogP contribution >= 0.6 is 11.6 Å². The van der Waals surface area contributed by atoms with Crippen LogP contribution in [0.3, 0.4) is 0 Å². The number of amides is 1. The molecule has 1 amide bonds. The number of methoxy groups -OCH3 is 1. The molecule has 16 heavy (non-hydrogen) atoms. The van der Waals surface area contributed by atoms with Crippen molar-refractivity contribution in [2.75, 3.05) is 26.1 Å². The zero-order chi connectivity index (χ0) is 12.0. The molecule has 0 saturated heterocycles. The molecule has 0 atom stereocenters. The monoisotopic (exact) mass is 245 g/mol. The van der Waals surface area contributed by atoms with Crippen LogP contribution in [-0.4, -0.2) is 46.7 Å². The molecule has 0 radical (unpaired) electrons. The molecule has 1 aromatic rings. The first-order chi connectivity index (χ1) is 7.69. The van der Waals surface area contributed by atoms with Crippen molar-refractivity contribution < 1.29 is 9.53 Å². The highest BCUT2D eigenvalue weighted by Crippen LogP contribution is 2.04. The van der Waals surface area contributed by atoms with Crippen LogP contribution in [0, 0.1) is 0 Å². The highest BCUT2D eigenvalue weighted by molar-refractivity contribution is 6.27. The summed E-state index contributed by atoms with van der Waals surface area (Å²) in [5.41, 5.74) is 0.967. The Morgan fingerprint density at radius 3 is 2.94 bits per heavy atom. The fourth-order valence-corrected chi connectivity index (χ4v) is 1.50. The number of carbonyl (C=O) groups is 1. The van der Waals surface area contributed by atoms with Crippen LogP contribution in [0.5, 0.6) is 0 Å². The molecule has 0 saturated carbocycles. The standard InChI is InChI=1S/C10H16ClN3O2/c1-13-9(3-4-12-13)8-14(5-6-16-2)10(15)7-11/h3-4H,5-8H2,1-2H3. The van der Waals surface area contributed by atoms with E-state index in [0.29, 0.717) is 19.7 Å². The molecule has 1 heterocycles. The minimum Gasteiger partial charge on any atom is -0.383 e. The lowest BCUT2D eigenvalue weighted by Crippen LogP contribution is -2.34. The fourth-order valence-electron chi connectivity index (χ4n) is 1.33. The van der Waals surface area contributed by atoms with Crippen LogP contribution in [-0.2, 0) is 23.1 Å². The lowest BCUT2D eigenvalue weighted by molar-refractivity contribution is -0.129. The van der Waals surface area contributed by atoms with Gasteiger partial charge in [0.05, 0.1) is 18.8 Å². The summed E-state index contributed by atoms with van der Waals surface area (Å²) in [5, 5.41) is 4.05. The fraction of sp³-hybridized carbons (Fsp3) is 0.600. The quantitative estimate of drug-likeness (QED) is 0.691. The van der Waals surface area contributed by atoms with E-state index in [1.807, 2.05) is 13.1 Å². The van der Waals surface area contributed by atoms with Crippen molar-refractivity contribution in [3.05, 3.63) is 18.0 Å². The molecular weight excluding hydrogens is 230 g/mol. The summed E-state index contributed by atoms with van der Waals surface area (Å²) in [6.07, 6.45) is 1.70. The summed E-state index contributed by atoms with van der Waals surface area (Å²) in [5.74, 6) is -0.110. The number of hydrogen-bond donors (Lipinski definition) is 0. The Morgan fingerprint density at radius 1 is 1.69 bits per heavy atom. The summed E-state index contributed by atoms with van der Waals surface area (Å²) in [4.78, 5) is 13.2. The molecule has 0 aliphatic heterocycles. The van der Waals surface area contributed by atoms with Gasteiger partial charge in [0.1, 0.15) is 5.88 Å². The van der Waals surface area contributed by atoms with E-state index < -0.39 is 0 Å². The van der Waals surface area contributed by atoms with Gasteiger partial charge in [-0.15, -0.1) is 11.6 Å². The number of aryl methyl sites for hydroxylation is 1. The van der Waals surface area contributed by atoms with E-state index in [1.165, 1.54) is 0 Å². The lowest BCUT2D eigenvalue weighted by Gasteiger charge is -2.21. The second kappa shape index (κ2) is 6.50. The van der Waals surface area contributed by atoms with E-state index in [9.17, 15) is 4.79 Å². The predicted octanol–water partition coefficient (Wildman–Crippen LogP) is 0.634. The molecule has 0 aromatic carbocycles. The molecule has 0 aliphatic carbocycles. The van der Waals surface area contributed by atoms with Crippen LogP contribution in [0.1, 0.15) is 5.69 Å². The predicted molar refractivity (Wildman–Crippen MR) is 61.2 cm³/mol. The summed E-state index contributed by atoms with van der Waals surface area (Å²) in [6, 6.07) is 1.88. The molecule has 0 unspecified atom stereocenters. The number of nitrogens with zero attached hydrogens (tertiary/aromatic N) is 3. The molecule has 5 nitrogen and oxygen atoms in total. The molecule has 0 bridgehead atoms. The molecule has 6 heteroatoms. The van der Waals surface area contributed by atoms with Gasteiger partial charge in [0, 0.05) is 26.9 Å². The van der Waals surface area contributed by atoms with Crippen molar-refractivity contribution in [3.8, 4) is 0 Å². The van der Waals surface area contributed by atoms with E-state index in [0.717, 1.165) is 5.69 Å². The Labute approximate surface area is 99.9 Å². The molecule has 90 valence electrons. The highest BCUT2D eigenvalue weighted by atomic mass is 35.5. The summed E-state index contributed by atoms with van der Waals surface area (Å²) in [7, 11) is 3.45. The van der Waals surface area contributed by atoms with Crippen molar-refractivity contribution in [1.29, 1.82) is 0 Å². The number of ether oxygens (including phenoxy) is 1. The third kappa shape index (κ3) is 3.50. The number of rotatable bonds is 6. The van der Waals surface area contributed by atoms with Crippen molar-refractivity contribution in [2.45, 2.75) is 6.54 Å². The maximum Gasteiger partial charge on any atom is 0.237 e. The van der Waals surface area contributed by atoms with Crippen LogP contribution in [0.2, 0.25) is 0 Å². The number of carbonyl (C=O) groups excluding carboxylic acids is 1. The van der Waals surface area contributed by atoms with Crippen molar-refractivity contribution >= 4 is 17.5 Å². The van der Waals surface area contributed by atoms with Crippen LogP contribution in [0.4, 0.5) is 0 Å². The van der Waals surface area contributed by atoms with Gasteiger partial charge in [0.15, 0.2) is 0 Å². The second-order valence-corrected chi connectivity index (χ2v) is 3.66. The molecule has 0 spiro atoms. The van der Waals surface area contributed by atoms with Crippen molar-refractivity contribution in [3.63, 3.8) is 0 Å². The Kier molecular flexibility index (Phi) is 5.28. The molecule has 0 aliphatic rings. The molecule has 0 N–H and O–H groups in total. The maximum atomic E-state index is 11.6. The van der Waals surface area contributed by atoms with Gasteiger partial charge < -0.3 is 9.64 Å². The molecule has 0 fully saturated rings. The van der Waals surface area contributed by atoms with Crippen LogP contribution in [0.25, 0.3) is 0 Å². The van der Waals surface area contributed by atoms with E-state index in [1.54, 1.807) is 22.9 Å². The van der Waals surface area contributed by atoms with Crippen molar-refractivity contribution in [2.24, 2.45) is 7.05 Å². The Morgan fingerprint density at radius 2 is 2.44 bits per heavy atom. The zero-order valence-corrected chi connectivity index (χ0v) is 10.3. The van der Waals surface area contributed by atoms with Gasteiger partial charge in [-0.3, -0.25) is 9.48 Å². The first-order valence-corrected chi connectivity index (χ1v) is 5.52. The van der Waals surface area contributed by atoms with Gasteiger partial charge in [-0.25, -0.2) is 0 Å². The number of halogens is 1. The molecule has 1 aromatic heterocycles. The highest BCUT2D eigenvalue weighted by Gasteiger charge is 2.13. The number of aromatic nitrogens is 2. The van der Waals surface area contributed by atoms with E-state index >= 15 is 0 Å². The van der Waals surface area contributed by atoms with Crippen LogP contribution in [0.15, 0.2) is 12.3 Å². The SMILES string of the molecule is COCCN(Cc1ccnn1C)C(=O)CCl. The summed E-state index contributed by atoms with van der Waals surface area (Å²) >= 11 is 5.55. The second-order valence-electron chi connectivity index (χ2n) is 3.39. The van der Waals surface area contributed by atoms with Gasteiger partial charge >= 0.3 is 0 Å². The van der Waals surface area contributed by atoms with E-state index in [2.05, 4.69) is 5.10 Å². The minimum atomic E-state index is -0.0973. The normalized spacial score (nSPS) is 10.4. The topological polar surface area (TPSA) is 47.4 Å². The lowest BCUT2D eigenvalue weighted by atomic mass is 10.3. The zero-order valence-electron chi connectivity index (χ0n) is 9.52. The first-order valence-electron chi connectivity index (χ1n) is 4.98. The minimum absolute atomic E-state index is 0.0123. The van der Waals surface area contributed by atoms with Crippen molar-refractivity contribution in [1.82, 2.24) is 14.7 Å². The first kappa shape index (κ1) is 13.0. The average Bonchev–Trinajstić information content (AvgIpc) is 2.69. The Balaban J connectivity index is 2.63. The average molecular weight is 246 g/mol. The summed E-state index contributed by atoms with van der Waals surface area (Å²) < 4.78 is 6.69.